The number of benzene rings is 8. The second-order valence-corrected chi connectivity index (χ2v) is 13.8. The Kier molecular flexibility index (Phi) is 6.17. The van der Waals surface area contributed by atoms with Crippen LogP contribution in [0.3, 0.4) is 0 Å². The summed E-state index contributed by atoms with van der Waals surface area (Å²) in [6.07, 6.45) is 0. The molecular formula is C49H33N3. The summed E-state index contributed by atoms with van der Waals surface area (Å²) in [6.45, 7) is 0. The number of nitrogens with zero attached hydrogens (tertiary/aromatic N) is 3. The van der Waals surface area contributed by atoms with Crippen LogP contribution in [0.5, 0.6) is 0 Å². The molecule has 11 rings (SSSR count). The molecule has 0 amide bonds. The zero-order valence-electron chi connectivity index (χ0n) is 28.7. The SMILES string of the molecule is Cn1c2ccc(-c3ccc4c(c3)c3ccccc3n4-c3ccccc3)cc2c2cccc(-c3ccc4c(c3)c3ccccc3n4-c3ccccc3)c21. The maximum Gasteiger partial charge on any atom is 0.0568 e. The molecule has 0 radical (unpaired) electrons. The Morgan fingerprint density at radius 3 is 1.31 bits per heavy atom. The van der Waals surface area contributed by atoms with Crippen LogP contribution in [0.1, 0.15) is 0 Å². The Balaban J connectivity index is 1.07. The number of para-hydroxylation sites is 5. The van der Waals surface area contributed by atoms with Crippen molar-refractivity contribution in [1.82, 2.24) is 13.7 Å². The van der Waals surface area contributed by atoms with Gasteiger partial charge in [0.25, 0.3) is 0 Å². The first-order valence-corrected chi connectivity index (χ1v) is 17.9. The molecule has 3 nitrogen and oxygen atoms in total. The Labute approximate surface area is 300 Å². The predicted molar refractivity (Wildman–Crippen MR) is 220 cm³/mol. The van der Waals surface area contributed by atoms with Crippen molar-refractivity contribution in [2.75, 3.05) is 0 Å². The van der Waals surface area contributed by atoms with E-state index in [4.69, 9.17) is 0 Å². The fourth-order valence-electron chi connectivity index (χ4n) is 8.70. The van der Waals surface area contributed by atoms with E-state index in [2.05, 4.69) is 203 Å². The average molecular weight is 664 g/mol. The maximum absolute atomic E-state index is 2.39. The summed E-state index contributed by atoms with van der Waals surface area (Å²) in [5, 5.41) is 7.60. The van der Waals surface area contributed by atoms with E-state index in [9.17, 15) is 0 Å². The first-order valence-electron chi connectivity index (χ1n) is 17.9. The van der Waals surface area contributed by atoms with Crippen molar-refractivity contribution in [3.8, 4) is 33.6 Å². The van der Waals surface area contributed by atoms with Crippen LogP contribution in [-0.4, -0.2) is 13.7 Å². The van der Waals surface area contributed by atoms with Gasteiger partial charge in [0.15, 0.2) is 0 Å². The quantitative estimate of drug-likeness (QED) is 0.178. The normalized spacial score (nSPS) is 11.9. The molecule has 0 aliphatic heterocycles. The molecule has 11 aromatic rings. The van der Waals surface area contributed by atoms with Gasteiger partial charge in [-0.3, -0.25) is 0 Å². The first kappa shape index (κ1) is 28.9. The van der Waals surface area contributed by atoms with Crippen LogP contribution < -0.4 is 0 Å². The zero-order valence-corrected chi connectivity index (χ0v) is 28.7. The third-order valence-corrected chi connectivity index (χ3v) is 11.0. The number of hydrogen-bond acceptors (Lipinski definition) is 0. The minimum Gasteiger partial charge on any atom is -0.343 e. The lowest BCUT2D eigenvalue weighted by atomic mass is 9.98. The van der Waals surface area contributed by atoms with Crippen LogP contribution >= 0.6 is 0 Å². The predicted octanol–water partition coefficient (Wildman–Crippen LogP) is 12.9. The number of rotatable bonds is 4. The van der Waals surface area contributed by atoms with Crippen LogP contribution in [-0.2, 0) is 7.05 Å². The van der Waals surface area contributed by atoms with Gasteiger partial charge >= 0.3 is 0 Å². The summed E-state index contributed by atoms with van der Waals surface area (Å²) >= 11 is 0. The average Bonchev–Trinajstić information content (AvgIpc) is 3.83. The highest BCUT2D eigenvalue weighted by atomic mass is 15.0. The molecule has 0 atom stereocenters. The molecule has 0 spiro atoms. The molecule has 52 heavy (non-hydrogen) atoms. The number of fused-ring (bicyclic) bond motifs is 9. The van der Waals surface area contributed by atoms with Gasteiger partial charge in [-0.15, -0.1) is 0 Å². The van der Waals surface area contributed by atoms with Crippen molar-refractivity contribution in [3.05, 3.63) is 182 Å². The van der Waals surface area contributed by atoms with E-state index < -0.39 is 0 Å². The molecule has 3 heterocycles. The van der Waals surface area contributed by atoms with Crippen molar-refractivity contribution >= 4 is 65.4 Å². The second-order valence-electron chi connectivity index (χ2n) is 13.8. The molecule has 3 aromatic heterocycles. The van der Waals surface area contributed by atoms with Gasteiger partial charge in [-0.2, -0.15) is 0 Å². The monoisotopic (exact) mass is 663 g/mol. The molecule has 0 saturated carbocycles. The molecule has 0 saturated heterocycles. The number of hydrogen-bond donors (Lipinski definition) is 0. The van der Waals surface area contributed by atoms with E-state index in [1.165, 1.54) is 99.0 Å². The third-order valence-electron chi connectivity index (χ3n) is 11.0. The van der Waals surface area contributed by atoms with E-state index in [0.717, 1.165) is 0 Å². The molecule has 0 N–H and O–H groups in total. The molecular weight excluding hydrogens is 631 g/mol. The number of aromatic nitrogens is 3. The van der Waals surface area contributed by atoms with Crippen LogP contribution in [0, 0.1) is 0 Å². The molecule has 244 valence electrons. The molecule has 3 heteroatoms. The van der Waals surface area contributed by atoms with E-state index in [-0.39, 0.29) is 0 Å². The van der Waals surface area contributed by atoms with Gasteiger partial charge in [0.05, 0.1) is 27.6 Å². The lowest BCUT2D eigenvalue weighted by Gasteiger charge is -2.09. The molecule has 0 aliphatic carbocycles. The summed E-state index contributed by atoms with van der Waals surface area (Å²) in [5.74, 6) is 0. The van der Waals surface area contributed by atoms with Gasteiger partial charge in [0.2, 0.25) is 0 Å². The van der Waals surface area contributed by atoms with Crippen molar-refractivity contribution < 1.29 is 0 Å². The fourth-order valence-corrected chi connectivity index (χ4v) is 8.70. The Bertz CT molecular complexity index is 3180. The van der Waals surface area contributed by atoms with Gasteiger partial charge in [-0.1, -0.05) is 109 Å². The largest absolute Gasteiger partial charge is 0.343 e. The highest BCUT2D eigenvalue weighted by Gasteiger charge is 2.18. The molecule has 0 aliphatic rings. The van der Waals surface area contributed by atoms with E-state index in [0.29, 0.717) is 0 Å². The van der Waals surface area contributed by atoms with Gasteiger partial charge in [-0.25, -0.2) is 0 Å². The lowest BCUT2D eigenvalue weighted by molar-refractivity contribution is 1.02. The molecule has 0 unspecified atom stereocenters. The zero-order chi connectivity index (χ0) is 34.3. The van der Waals surface area contributed by atoms with Crippen molar-refractivity contribution in [2.45, 2.75) is 0 Å². The molecule has 0 fully saturated rings. The van der Waals surface area contributed by atoms with Crippen LogP contribution in [0.25, 0.3) is 99.0 Å². The van der Waals surface area contributed by atoms with Gasteiger partial charge in [-0.05, 0) is 89.5 Å². The standard InChI is InChI=1S/C49H33N3/c1-50-44-26-23-32(33-24-27-47-41(29-33)38-17-8-10-21-45(38)51(47)35-13-4-2-5-14-35)30-43(44)40-20-12-19-37(49(40)50)34-25-28-48-42(31-34)39-18-9-11-22-46(39)52(48)36-15-6-3-7-16-36/h2-31H,1H3. The minimum absolute atomic E-state index is 1.18. The number of aryl methyl sites for hydroxylation is 1. The summed E-state index contributed by atoms with van der Waals surface area (Å²) in [7, 11) is 2.21. The van der Waals surface area contributed by atoms with Crippen LogP contribution in [0.4, 0.5) is 0 Å². The van der Waals surface area contributed by atoms with Gasteiger partial charge in [0, 0.05) is 61.8 Å². The highest BCUT2D eigenvalue weighted by Crippen LogP contribution is 2.41. The van der Waals surface area contributed by atoms with Crippen LogP contribution in [0.15, 0.2) is 182 Å². The Morgan fingerprint density at radius 1 is 0.308 bits per heavy atom. The van der Waals surface area contributed by atoms with E-state index in [1.54, 1.807) is 0 Å². The smallest absolute Gasteiger partial charge is 0.0568 e. The lowest BCUT2D eigenvalue weighted by Crippen LogP contribution is -1.93. The van der Waals surface area contributed by atoms with Crippen molar-refractivity contribution in [2.24, 2.45) is 7.05 Å². The van der Waals surface area contributed by atoms with Crippen molar-refractivity contribution in [1.29, 1.82) is 0 Å². The summed E-state index contributed by atoms with van der Waals surface area (Å²) in [4.78, 5) is 0. The molecule has 0 bridgehead atoms. The Morgan fingerprint density at radius 2 is 0.731 bits per heavy atom. The fraction of sp³-hybridized carbons (Fsp3) is 0.0204. The molecule has 8 aromatic carbocycles. The van der Waals surface area contributed by atoms with Crippen molar-refractivity contribution in [3.63, 3.8) is 0 Å². The summed E-state index contributed by atoms with van der Waals surface area (Å²) in [6, 6.07) is 66.4. The highest BCUT2D eigenvalue weighted by molar-refractivity contribution is 6.16. The Hall–Kier alpha value is -6.84. The summed E-state index contributed by atoms with van der Waals surface area (Å²) in [5.41, 5.74) is 14.6. The third kappa shape index (κ3) is 4.14. The second kappa shape index (κ2) is 11.1. The minimum atomic E-state index is 1.18. The van der Waals surface area contributed by atoms with Gasteiger partial charge < -0.3 is 13.7 Å². The topological polar surface area (TPSA) is 14.8 Å². The maximum atomic E-state index is 2.39. The van der Waals surface area contributed by atoms with E-state index >= 15 is 0 Å². The first-order chi connectivity index (χ1) is 25.7. The van der Waals surface area contributed by atoms with Gasteiger partial charge in [0.1, 0.15) is 0 Å². The van der Waals surface area contributed by atoms with E-state index in [1.807, 2.05) is 0 Å². The summed E-state index contributed by atoms with van der Waals surface area (Å²) < 4.78 is 7.13. The van der Waals surface area contributed by atoms with Crippen LogP contribution in [0.2, 0.25) is 0 Å².